The highest BCUT2D eigenvalue weighted by Crippen LogP contribution is 2.17. The maximum Gasteiger partial charge on any atom is 0.250 e. The molecular weight excluding hydrogens is 268 g/mol. The first-order chi connectivity index (χ1) is 7.75. The maximum absolute atomic E-state index is 11.5. The Balaban J connectivity index is 1.84. The molecule has 1 N–H and O–H groups in total. The lowest BCUT2D eigenvalue weighted by Gasteiger charge is -2.12. The van der Waals surface area contributed by atoms with Gasteiger partial charge in [0.05, 0.1) is 0 Å². The lowest BCUT2D eigenvalue weighted by atomic mass is 10.2. The van der Waals surface area contributed by atoms with E-state index < -0.39 is 0 Å². The Hall–Kier alpha value is -0.610. The van der Waals surface area contributed by atoms with Gasteiger partial charge in [0, 0.05) is 35.9 Å². The van der Waals surface area contributed by atoms with Crippen LogP contribution in [0.2, 0.25) is 0 Å². The number of pyridine rings is 1. The molecule has 1 aliphatic rings. The third-order valence-electron chi connectivity index (χ3n) is 3.09. The van der Waals surface area contributed by atoms with E-state index in [4.69, 9.17) is 0 Å². The Morgan fingerprint density at radius 2 is 2.12 bits per heavy atom. The summed E-state index contributed by atoms with van der Waals surface area (Å²) in [7, 11) is 0. The van der Waals surface area contributed by atoms with Crippen molar-refractivity contribution in [2.24, 2.45) is 0 Å². The van der Waals surface area contributed by atoms with E-state index in [0.29, 0.717) is 6.04 Å². The SMILES string of the molecule is O=c1ccc(Br)cn1CCNC1CCCC1. The van der Waals surface area contributed by atoms with Gasteiger partial charge in [-0.05, 0) is 34.8 Å². The second-order valence-corrected chi connectivity index (χ2v) is 5.23. The lowest BCUT2D eigenvalue weighted by molar-refractivity contribution is 0.492. The van der Waals surface area contributed by atoms with Gasteiger partial charge in [0.25, 0.3) is 5.56 Å². The van der Waals surface area contributed by atoms with Gasteiger partial charge >= 0.3 is 0 Å². The summed E-state index contributed by atoms with van der Waals surface area (Å²) in [4.78, 5) is 11.5. The highest BCUT2D eigenvalue weighted by atomic mass is 79.9. The van der Waals surface area contributed by atoms with Crippen LogP contribution in [-0.4, -0.2) is 17.2 Å². The molecule has 0 radical (unpaired) electrons. The van der Waals surface area contributed by atoms with Crippen molar-refractivity contribution in [2.75, 3.05) is 6.54 Å². The molecule has 0 saturated heterocycles. The van der Waals surface area contributed by atoms with Crippen LogP contribution in [0.4, 0.5) is 0 Å². The van der Waals surface area contributed by atoms with Gasteiger partial charge in [-0.3, -0.25) is 4.79 Å². The minimum absolute atomic E-state index is 0.0661. The van der Waals surface area contributed by atoms with Crippen LogP contribution in [0.3, 0.4) is 0 Å². The molecule has 0 spiro atoms. The van der Waals surface area contributed by atoms with Gasteiger partial charge < -0.3 is 9.88 Å². The van der Waals surface area contributed by atoms with E-state index in [2.05, 4.69) is 21.2 Å². The first-order valence-corrected chi connectivity index (χ1v) is 6.64. The van der Waals surface area contributed by atoms with E-state index in [9.17, 15) is 4.79 Å². The summed E-state index contributed by atoms with van der Waals surface area (Å²) < 4.78 is 2.69. The number of hydrogen-bond donors (Lipinski definition) is 1. The number of hydrogen-bond acceptors (Lipinski definition) is 2. The second-order valence-electron chi connectivity index (χ2n) is 4.31. The van der Waals surface area contributed by atoms with Gasteiger partial charge in [-0.2, -0.15) is 0 Å². The summed E-state index contributed by atoms with van der Waals surface area (Å²) in [5.41, 5.74) is 0.0661. The Labute approximate surface area is 104 Å². The van der Waals surface area contributed by atoms with Crippen molar-refractivity contribution in [1.29, 1.82) is 0 Å². The number of nitrogens with one attached hydrogen (secondary N) is 1. The fraction of sp³-hybridized carbons (Fsp3) is 0.583. The molecule has 0 unspecified atom stereocenters. The van der Waals surface area contributed by atoms with Gasteiger partial charge in [0.1, 0.15) is 0 Å². The Bertz CT molecular complexity index is 396. The van der Waals surface area contributed by atoms with E-state index >= 15 is 0 Å². The van der Waals surface area contributed by atoms with Crippen LogP contribution in [0.1, 0.15) is 25.7 Å². The highest BCUT2D eigenvalue weighted by Gasteiger charge is 2.13. The molecule has 0 aromatic carbocycles. The van der Waals surface area contributed by atoms with Crippen molar-refractivity contribution in [1.82, 2.24) is 9.88 Å². The third kappa shape index (κ3) is 3.19. The van der Waals surface area contributed by atoms with Crippen molar-refractivity contribution in [3.63, 3.8) is 0 Å². The molecule has 3 nitrogen and oxygen atoms in total. The zero-order chi connectivity index (χ0) is 11.4. The third-order valence-corrected chi connectivity index (χ3v) is 3.56. The zero-order valence-electron chi connectivity index (χ0n) is 9.29. The quantitative estimate of drug-likeness (QED) is 0.919. The van der Waals surface area contributed by atoms with Crippen LogP contribution in [0, 0.1) is 0 Å². The molecule has 1 aliphatic carbocycles. The fourth-order valence-corrected chi connectivity index (χ4v) is 2.58. The van der Waals surface area contributed by atoms with Gasteiger partial charge in [-0.1, -0.05) is 12.8 Å². The molecule has 16 heavy (non-hydrogen) atoms. The predicted octanol–water partition coefficient (Wildman–Crippen LogP) is 2.14. The van der Waals surface area contributed by atoms with Crippen LogP contribution in [0.25, 0.3) is 0 Å². The van der Waals surface area contributed by atoms with Gasteiger partial charge in [0.15, 0.2) is 0 Å². The average Bonchev–Trinajstić information content (AvgIpc) is 2.76. The molecule has 4 heteroatoms. The van der Waals surface area contributed by atoms with Crippen LogP contribution in [-0.2, 0) is 6.54 Å². The Morgan fingerprint density at radius 1 is 1.38 bits per heavy atom. The Morgan fingerprint density at radius 3 is 2.88 bits per heavy atom. The van der Waals surface area contributed by atoms with E-state index in [1.165, 1.54) is 25.7 Å². The van der Waals surface area contributed by atoms with E-state index in [-0.39, 0.29) is 5.56 Å². The van der Waals surface area contributed by atoms with E-state index in [0.717, 1.165) is 17.6 Å². The van der Waals surface area contributed by atoms with Crippen molar-refractivity contribution in [3.05, 3.63) is 33.2 Å². The smallest absolute Gasteiger partial charge is 0.250 e. The van der Waals surface area contributed by atoms with Crippen LogP contribution >= 0.6 is 15.9 Å². The number of halogens is 1. The molecule has 0 amide bonds. The highest BCUT2D eigenvalue weighted by molar-refractivity contribution is 9.10. The number of nitrogens with zero attached hydrogens (tertiary/aromatic N) is 1. The standard InChI is InChI=1S/C12H17BrN2O/c13-10-5-6-12(16)15(9-10)8-7-14-11-3-1-2-4-11/h5-6,9,11,14H,1-4,7-8H2. The predicted molar refractivity (Wildman–Crippen MR) is 68.7 cm³/mol. The minimum Gasteiger partial charge on any atom is -0.313 e. The molecule has 0 aliphatic heterocycles. The summed E-state index contributed by atoms with van der Waals surface area (Å²) in [6, 6.07) is 4.05. The Kier molecular flexibility index (Phi) is 4.18. The van der Waals surface area contributed by atoms with Crippen LogP contribution in [0.15, 0.2) is 27.6 Å². The number of aromatic nitrogens is 1. The average molecular weight is 285 g/mol. The van der Waals surface area contributed by atoms with E-state index in [1.807, 2.05) is 6.20 Å². The number of rotatable bonds is 4. The molecule has 0 bridgehead atoms. The first-order valence-electron chi connectivity index (χ1n) is 5.85. The summed E-state index contributed by atoms with van der Waals surface area (Å²) in [6.07, 6.45) is 7.10. The summed E-state index contributed by atoms with van der Waals surface area (Å²) in [6.45, 7) is 1.62. The lowest BCUT2D eigenvalue weighted by Crippen LogP contribution is -2.31. The van der Waals surface area contributed by atoms with Crippen molar-refractivity contribution >= 4 is 15.9 Å². The van der Waals surface area contributed by atoms with Gasteiger partial charge in [-0.25, -0.2) is 0 Å². The molecule has 1 aromatic heterocycles. The molecule has 1 saturated carbocycles. The van der Waals surface area contributed by atoms with Crippen LogP contribution in [0.5, 0.6) is 0 Å². The molecule has 2 rings (SSSR count). The molecule has 1 fully saturated rings. The molecular formula is C12H17BrN2O. The minimum atomic E-state index is 0.0661. The molecule has 0 atom stereocenters. The van der Waals surface area contributed by atoms with Gasteiger partial charge in [0.2, 0.25) is 0 Å². The van der Waals surface area contributed by atoms with Crippen molar-refractivity contribution < 1.29 is 0 Å². The molecule has 1 heterocycles. The molecule has 88 valence electrons. The maximum atomic E-state index is 11.5. The monoisotopic (exact) mass is 284 g/mol. The summed E-state index contributed by atoms with van der Waals surface area (Å²) in [5.74, 6) is 0. The second kappa shape index (κ2) is 5.64. The fourth-order valence-electron chi connectivity index (χ4n) is 2.20. The summed E-state index contributed by atoms with van der Waals surface area (Å²) >= 11 is 3.37. The van der Waals surface area contributed by atoms with Crippen molar-refractivity contribution in [2.45, 2.75) is 38.3 Å². The van der Waals surface area contributed by atoms with E-state index in [1.54, 1.807) is 16.7 Å². The first kappa shape index (κ1) is 11.9. The topological polar surface area (TPSA) is 34.0 Å². The zero-order valence-corrected chi connectivity index (χ0v) is 10.9. The summed E-state index contributed by atoms with van der Waals surface area (Å²) in [5, 5.41) is 3.50. The van der Waals surface area contributed by atoms with Crippen molar-refractivity contribution in [3.8, 4) is 0 Å². The normalized spacial score (nSPS) is 16.8. The largest absolute Gasteiger partial charge is 0.313 e. The van der Waals surface area contributed by atoms with Crippen LogP contribution < -0.4 is 10.9 Å². The van der Waals surface area contributed by atoms with Gasteiger partial charge in [-0.15, -0.1) is 0 Å². The molecule has 1 aromatic rings.